The number of rotatable bonds is 5. The van der Waals surface area contributed by atoms with Crippen molar-refractivity contribution in [1.29, 1.82) is 0 Å². The normalized spacial score (nSPS) is 19.2. The molecule has 0 amide bonds. The number of alkyl halides is 1. The van der Waals surface area contributed by atoms with Crippen LogP contribution < -0.4 is 0 Å². The van der Waals surface area contributed by atoms with Gasteiger partial charge < -0.3 is 5.11 Å². The molecule has 4 nitrogen and oxygen atoms in total. The van der Waals surface area contributed by atoms with Crippen LogP contribution in [0.25, 0.3) is 0 Å². The molecule has 0 spiro atoms. The van der Waals surface area contributed by atoms with Crippen molar-refractivity contribution in [3.8, 4) is 0 Å². The number of aromatic nitrogens is 3. The monoisotopic (exact) mass is 325 g/mol. The number of hydrogen-bond donors (Lipinski definition) is 1. The molecule has 3 rings (SSSR count). The van der Waals surface area contributed by atoms with Gasteiger partial charge in [0.05, 0.1) is 11.4 Å². The predicted octanol–water partition coefficient (Wildman–Crippen LogP) is 2.99. The molecule has 6 heteroatoms. The molecule has 0 bridgehead atoms. The Bertz CT molecular complexity index is 654. The standard InChI is InChI=1S/C15H17Cl2N3O/c1-11-18-10-19-20(11)9-15(21,14(17)6-7-14)8-12-4-2-3-5-13(12)16/h2-5,10,21H,6-9H2,1H3. The second-order valence-corrected chi connectivity index (χ2v) is 6.86. The summed E-state index contributed by atoms with van der Waals surface area (Å²) in [6, 6.07) is 7.53. The third kappa shape index (κ3) is 2.80. The summed E-state index contributed by atoms with van der Waals surface area (Å²) in [5.74, 6) is 0.758. The Morgan fingerprint density at radius 2 is 2.10 bits per heavy atom. The van der Waals surface area contributed by atoms with Crippen LogP contribution in [0.5, 0.6) is 0 Å². The molecule has 21 heavy (non-hydrogen) atoms. The van der Waals surface area contributed by atoms with Crippen LogP contribution in [0.1, 0.15) is 24.2 Å². The van der Waals surface area contributed by atoms with Gasteiger partial charge in [0.2, 0.25) is 0 Å². The first-order valence-corrected chi connectivity index (χ1v) is 7.68. The molecule has 1 fully saturated rings. The van der Waals surface area contributed by atoms with E-state index in [1.807, 2.05) is 31.2 Å². The molecule has 1 aromatic carbocycles. The highest BCUT2D eigenvalue weighted by molar-refractivity contribution is 6.31. The number of hydrogen-bond acceptors (Lipinski definition) is 3. The van der Waals surface area contributed by atoms with Crippen LogP contribution in [0, 0.1) is 6.92 Å². The summed E-state index contributed by atoms with van der Waals surface area (Å²) in [4.78, 5) is 3.49. The lowest BCUT2D eigenvalue weighted by Gasteiger charge is -2.33. The second kappa shape index (κ2) is 5.27. The van der Waals surface area contributed by atoms with Gasteiger partial charge in [0.25, 0.3) is 0 Å². The SMILES string of the molecule is Cc1ncnn1CC(O)(Cc1ccccc1Cl)C1(Cl)CC1. The smallest absolute Gasteiger partial charge is 0.138 e. The van der Waals surface area contributed by atoms with E-state index in [0.29, 0.717) is 18.0 Å². The van der Waals surface area contributed by atoms with E-state index in [1.165, 1.54) is 6.33 Å². The van der Waals surface area contributed by atoms with Crippen molar-refractivity contribution < 1.29 is 5.11 Å². The number of nitrogens with zero attached hydrogens (tertiary/aromatic N) is 3. The summed E-state index contributed by atoms with van der Waals surface area (Å²) < 4.78 is 1.69. The Balaban J connectivity index is 1.91. The summed E-state index contributed by atoms with van der Waals surface area (Å²) >= 11 is 12.8. The van der Waals surface area contributed by atoms with Gasteiger partial charge in [0, 0.05) is 11.4 Å². The van der Waals surface area contributed by atoms with E-state index in [4.69, 9.17) is 23.2 Å². The Hall–Kier alpha value is -1.10. The Morgan fingerprint density at radius 3 is 2.67 bits per heavy atom. The maximum atomic E-state index is 11.2. The Kier molecular flexibility index (Phi) is 3.72. The molecule has 1 aromatic heterocycles. The van der Waals surface area contributed by atoms with E-state index in [1.54, 1.807) is 4.68 Å². The van der Waals surface area contributed by atoms with Crippen LogP contribution >= 0.6 is 23.2 Å². The molecular weight excluding hydrogens is 309 g/mol. The highest BCUT2D eigenvalue weighted by Gasteiger charge is 2.58. The van der Waals surface area contributed by atoms with Crippen LogP contribution in [0.15, 0.2) is 30.6 Å². The Morgan fingerprint density at radius 1 is 1.38 bits per heavy atom. The first kappa shape index (κ1) is 14.8. The van der Waals surface area contributed by atoms with Crippen molar-refractivity contribution >= 4 is 23.2 Å². The van der Waals surface area contributed by atoms with E-state index in [9.17, 15) is 5.11 Å². The van der Waals surface area contributed by atoms with Gasteiger partial charge in [-0.15, -0.1) is 11.6 Å². The molecule has 2 aromatic rings. The van der Waals surface area contributed by atoms with E-state index in [-0.39, 0.29) is 0 Å². The lowest BCUT2D eigenvalue weighted by Crippen LogP contribution is -2.47. The molecule has 0 aliphatic heterocycles. The van der Waals surface area contributed by atoms with Crippen molar-refractivity contribution in [1.82, 2.24) is 14.8 Å². The van der Waals surface area contributed by atoms with Gasteiger partial charge in [-0.3, -0.25) is 0 Å². The fourth-order valence-electron chi connectivity index (χ4n) is 2.61. The van der Waals surface area contributed by atoms with Gasteiger partial charge in [0.1, 0.15) is 17.8 Å². The summed E-state index contributed by atoms with van der Waals surface area (Å²) in [5, 5.41) is 16.0. The van der Waals surface area contributed by atoms with Crippen LogP contribution in [0.4, 0.5) is 0 Å². The summed E-state index contributed by atoms with van der Waals surface area (Å²) in [7, 11) is 0. The van der Waals surface area contributed by atoms with Gasteiger partial charge >= 0.3 is 0 Å². The average Bonchev–Trinajstić information content (AvgIpc) is 3.09. The zero-order valence-corrected chi connectivity index (χ0v) is 13.3. The van der Waals surface area contributed by atoms with Gasteiger partial charge in [-0.1, -0.05) is 29.8 Å². The minimum absolute atomic E-state index is 0.313. The minimum atomic E-state index is -1.10. The van der Waals surface area contributed by atoms with Crippen LogP contribution in [-0.4, -0.2) is 30.3 Å². The van der Waals surface area contributed by atoms with E-state index < -0.39 is 10.5 Å². The van der Waals surface area contributed by atoms with Gasteiger partial charge in [0.15, 0.2) is 0 Å². The highest BCUT2D eigenvalue weighted by atomic mass is 35.5. The third-order valence-corrected chi connectivity index (χ3v) is 5.28. The molecular formula is C15H17Cl2N3O. The lowest BCUT2D eigenvalue weighted by molar-refractivity contribution is 0.00709. The molecule has 1 unspecified atom stereocenters. The molecule has 1 aliphatic carbocycles. The number of benzene rings is 1. The second-order valence-electron chi connectivity index (χ2n) is 5.73. The van der Waals surface area contributed by atoms with Gasteiger partial charge in [-0.2, -0.15) is 5.10 Å². The highest BCUT2D eigenvalue weighted by Crippen LogP contribution is 2.53. The Labute approximate surface area is 133 Å². The van der Waals surface area contributed by atoms with E-state index in [2.05, 4.69) is 10.1 Å². The van der Waals surface area contributed by atoms with Crippen LogP contribution in [0.3, 0.4) is 0 Å². The molecule has 112 valence electrons. The van der Waals surface area contributed by atoms with Gasteiger partial charge in [-0.05, 0) is 31.4 Å². The molecule has 0 saturated heterocycles. The average molecular weight is 326 g/mol. The molecule has 0 radical (unpaired) electrons. The zero-order valence-electron chi connectivity index (χ0n) is 11.8. The lowest BCUT2D eigenvalue weighted by atomic mass is 9.89. The number of aryl methyl sites for hydroxylation is 1. The summed E-state index contributed by atoms with van der Waals surface area (Å²) in [6.07, 6.45) is 3.47. The van der Waals surface area contributed by atoms with Gasteiger partial charge in [-0.25, -0.2) is 9.67 Å². The predicted molar refractivity (Wildman–Crippen MR) is 82.7 cm³/mol. The zero-order chi connectivity index (χ0) is 15.1. The molecule has 1 aliphatic rings. The van der Waals surface area contributed by atoms with Crippen molar-refractivity contribution in [3.63, 3.8) is 0 Å². The first-order chi connectivity index (χ1) is 9.94. The topological polar surface area (TPSA) is 50.9 Å². The maximum absolute atomic E-state index is 11.2. The largest absolute Gasteiger partial charge is 0.386 e. The first-order valence-electron chi connectivity index (χ1n) is 6.93. The minimum Gasteiger partial charge on any atom is -0.386 e. The number of aliphatic hydroxyl groups is 1. The van der Waals surface area contributed by atoms with Crippen LogP contribution in [-0.2, 0) is 13.0 Å². The number of halogens is 2. The fourth-order valence-corrected chi connectivity index (χ4v) is 3.04. The van der Waals surface area contributed by atoms with Crippen LogP contribution in [0.2, 0.25) is 5.02 Å². The van der Waals surface area contributed by atoms with Crippen molar-refractivity contribution in [2.75, 3.05) is 0 Å². The van der Waals surface area contributed by atoms with E-state index in [0.717, 1.165) is 24.2 Å². The quantitative estimate of drug-likeness (QED) is 0.860. The van der Waals surface area contributed by atoms with Crippen molar-refractivity contribution in [3.05, 3.63) is 47.0 Å². The molecule has 1 N–H and O–H groups in total. The van der Waals surface area contributed by atoms with Crippen molar-refractivity contribution in [2.24, 2.45) is 0 Å². The van der Waals surface area contributed by atoms with Crippen molar-refractivity contribution in [2.45, 2.75) is 43.2 Å². The third-order valence-electron chi connectivity index (χ3n) is 4.18. The maximum Gasteiger partial charge on any atom is 0.138 e. The molecule has 1 heterocycles. The summed E-state index contributed by atoms with van der Waals surface area (Å²) in [5.41, 5.74) is -0.204. The molecule has 1 atom stereocenters. The molecule has 1 saturated carbocycles. The van der Waals surface area contributed by atoms with E-state index >= 15 is 0 Å². The fraction of sp³-hybridized carbons (Fsp3) is 0.467. The summed E-state index contributed by atoms with van der Waals surface area (Å²) in [6.45, 7) is 2.17.